The third-order valence-electron chi connectivity index (χ3n) is 4.95. The third kappa shape index (κ3) is 5.78. The smallest absolute Gasteiger partial charge is 0.319 e. The van der Waals surface area contributed by atoms with Crippen LogP contribution >= 0.6 is 0 Å². The second kappa shape index (κ2) is 10.0. The van der Waals surface area contributed by atoms with E-state index >= 15 is 0 Å². The highest BCUT2D eigenvalue weighted by atomic mass is 32.2. The van der Waals surface area contributed by atoms with Crippen LogP contribution < -0.4 is 15.4 Å². The van der Waals surface area contributed by atoms with Crippen molar-refractivity contribution in [1.29, 1.82) is 0 Å². The first-order valence-corrected chi connectivity index (χ1v) is 11.9. The number of carbonyl (C=O) groups is 1. The second-order valence-corrected chi connectivity index (χ2v) is 8.99. The molecule has 6 nitrogen and oxygen atoms in total. The first kappa shape index (κ1) is 22.1. The van der Waals surface area contributed by atoms with E-state index in [1.807, 2.05) is 66.7 Å². The summed E-state index contributed by atoms with van der Waals surface area (Å²) in [6, 6.07) is 32.0. The summed E-state index contributed by atoms with van der Waals surface area (Å²) in [5.74, 6) is 0. The van der Waals surface area contributed by atoms with Gasteiger partial charge in [-0.1, -0.05) is 78.9 Å². The Labute approximate surface area is 193 Å². The van der Waals surface area contributed by atoms with Crippen LogP contribution in [-0.2, 0) is 16.6 Å². The normalized spacial score (nSPS) is 10.9. The molecule has 2 amide bonds. The van der Waals surface area contributed by atoms with Gasteiger partial charge in [-0.05, 0) is 41.5 Å². The highest BCUT2D eigenvalue weighted by molar-refractivity contribution is 7.92. The maximum atomic E-state index is 13.1. The highest BCUT2D eigenvalue weighted by Crippen LogP contribution is 2.28. The minimum atomic E-state index is -3.82. The van der Waals surface area contributed by atoms with Gasteiger partial charge in [-0.15, -0.1) is 0 Å². The summed E-state index contributed by atoms with van der Waals surface area (Å²) < 4.78 is 28.8. The lowest BCUT2D eigenvalue weighted by molar-refractivity contribution is 0.251. The fourth-order valence-electron chi connectivity index (χ4n) is 3.34. The fourth-order valence-corrected chi connectivity index (χ4v) is 4.63. The predicted molar refractivity (Wildman–Crippen MR) is 131 cm³/mol. The van der Waals surface area contributed by atoms with Crippen LogP contribution in [-0.4, -0.2) is 14.4 Å². The Morgan fingerprint density at radius 3 is 1.94 bits per heavy atom. The van der Waals surface area contributed by atoms with Crippen molar-refractivity contribution in [2.75, 3.05) is 10.0 Å². The zero-order valence-electron chi connectivity index (χ0n) is 17.7. The number of anilines is 2. The molecule has 3 N–H and O–H groups in total. The number of amides is 2. The number of nitrogens with one attached hydrogen (secondary N) is 3. The molecule has 166 valence electrons. The largest absolute Gasteiger partial charge is 0.334 e. The molecule has 4 aromatic carbocycles. The third-order valence-corrected chi connectivity index (χ3v) is 6.39. The molecule has 33 heavy (non-hydrogen) atoms. The Bertz CT molecular complexity index is 1320. The molecule has 4 rings (SSSR count). The van der Waals surface area contributed by atoms with Crippen LogP contribution in [0.15, 0.2) is 114 Å². The molecule has 0 saturated carbocycles. The molecule has 0 bridgehead atoms. The van der Waals surface area contributed by atoms with Crippen LogP contribution in [0.25, 0.3) is 11.1 Å². The SMILES string of the molecule is O=C(NCc1ccccc1)Nc1ccc(NS(=O)(=O)c2ccccc2-c2ccccc2)cc1. The average Bonchev–Trinajstić information content (AvgIpc) is 2.85. The Kier molecular flexibility index (Phi) is 6.71. The number of sulfonamides is 1. The maximum Gasteiger partial charge on any atom is 0.319 e. The topological polar surface area (TPSA) is 87.3 Å². The Morgan fingerprint density at radius 2 is 1.24 bits per heavy atom. The number of hydrogen-bond donors (Lipinski definition) is 3. The van der Waals surface area contributed by atoms with Gasteiger partial charge in [0.15, 0.2) is 0 Å². The van der Waals surface area contributed by atoms with E-state index in [9.17, 15) is 13.2 Å². The van der Waals surface area contributed by atoms with Crippen LogP contribution in [0.5, 0.6) is 0 Å². The van der Waals surface area contributed by atoms with Gasteiger partial charge in [-0.2, -0.15) is 0 Å². The summed E-state index contributed by atoms with van der Waals surface area (Å²) in [6.45, 7) is 0.408. The van der Waals surface area contributed by atoms with Gasteiger partial charge in [0.05, 0.1) is 4.90 Å². The number of carbonyl (C=O) groups excluding carboxylic acids is 1. The van der Waals surface area contributed by atoms with Crippen molar-refractivity contribution in [2.24, 2.45) is 0 Å². The van der Waals surface area contributed by atoms with E-state index in [1.54, 1.807) is 42.5 Å². The lowest BCUT2D eigenvalue weighted by atomic mass is 10.1. The summed E-state index contributed by atoms with van der Waals surface area (Å²) in [5.41, 5.74) is 3.38. The van der Waals surface area contributed by atoms with Crippen LogP contribution in [0.4, 0.5) is 16.2 Å². The van der Waals surface area contributed by atoms with Crippen LogP contribution in [0.1, 0.15) is 5.56 Å². The summed E-state index contributed by atoms with van der Waals surface area (Å²) in [6.07, 6.45) is 0. The molecule has 0 unspecified atom stereocenters. The van der Waals surface area contributed by atoms with Gasteiger partial charge in [-0.3, -0.25) is 4.72 Å². The zero-order chi connectivity index (χ0) is 23.1. The number of rotatable bonds is 7. The molecule has 7 heteroatoms. The number of hydrogen-bond acceptors (Lipinski definition) is 3. The summed E-state index contributed by atoms with van der Waals surface area (Å²) >= 11 is 0. The lowest BCUT2D eigenvalue weighted by Crippen LogP contribution is -2.28. The molecule has 0 heterocycles. The van der Waals surface area contributed by atoms with Crippen molar-refractivity contribution < 1.29 is 13.2 Å². The Hall–Kier alpha value is -4.10. The van der Waals surface area contributed by atoms with Gasteiger partial charge in [0, 0.05) is 23.5 Å². The molecule has 0 spiro atoms. The van der Waals surface area contributed by atoms with E-state index in [-0.39, 0.29) is 10.9 Å². The van der Waals surface area contributed by atoms with E-state index in [1.165, 1.54) is 0 Å². The minimum absolute atomic E-state index is 0.193. The monoisotopic (exact) mass is 457 g/mol. The van der Waals surface area contributed by atoms with E-state index in [0.29, 0.717) is 23.5 Å². The highest BCUT2D eigenvalue weighted by Gasteiger charge is 2.19. The van der Waals surface area contributed by atoms with E-state index in [0.717, 1.165) is 11.1 Å². The van der Waals surface area contributed by atoms with Crippen molar-refractivity contribution in [3.05, 3.63) is 115 Å². The van der Waals surface area contributed by atoms with Gasteiger partial charge < -0.3 is 10.6 Å². The predicted octanol–water partition coefficient (Wildman–Crippen LogP) is 5.48. The van der Waals surface area contributed by atoms with Crippen molar-refractivity contribution in [2.45, 2.75) is 11.4 Å². The molecule has 0 saturated heterocycles. The minimum Gasteiger partial charge on any atom is -0.334 e. The molecule has 0 aliphatic rings. The molecular formula is C26H23N3O3S. The van der Waals surface area contributed by atoms with Gasteiger partial charge in [-0.25, -0.2) is 13.2 Å². The van der Waals surface area contributed by atoms with Crippen LogP contribution in [0.2, 0.25) is 0 Å². The van der Waals surface area contributed by atoms with Crippen molar-refractivity contribution in [1.82, 2.24) is 5.32 Å². The van der Waals surface area contributed by atoms with Crippen LogP contribution in [0, 0.1) is 0 Å². The second-order valence-electron chi connectivity index (χ2n) is 7.34. The van der Waals surface area contributed by atoms with Crippen molar-refractivity contribution in [3.8, 4) is 11.1 Å². The molecule has 0 atom stereocenters. The molecule has 0 aliphatic heterocycles. The summed E-state index contributed by atoms with van der Waals surface area (Å²) in [7, 11) is -3.82. The number of urea groups is 1. The molecule has 4 aromatic rings. The van der Waals surface area contributed by atoms with E-state index in [4.69, 9.17) is 0 Å². The van der Waals surface area contributed by atoms with Gasteiger partial charge in [0.2, 0.25) is 0 Å². The summed E-state index contributed by atoms with van der Waals surface area (Å²) in [5, 5.41) is 5.52. The molecule has 0 aromatic heterocycles. The lowest BCUT2D eigenvalue weighted by Gasteiger charge is -2.13. The van der Waals surface area contributed by atoms with Crippen LogP contribution in [0.3, 0.4) is 0 Å². The fraction of sp³-hybridized carbons (Fsp3) is 0.0385. The molecule has 0 radical (unpaired) electrons. The molecular weight excluding hydrogens is 434 g/mol. The number of benzene rings is 4. The summed E-state index contributed by atoms with van der Waals surface area (Å²) in [4.78, 5) is 12.3. The van der Waals surface area contributed by atoms with Gasteiger partial charge >= 0.3 is 6.03 Å². The maximum absolute atomic E-state index is 13.1. The first-order valence-electron chi connectivity index (χ1n) is 10.4. The Morgan fingerprint density at radius 1 is 0.667 bits per heavy atom. The Balaban J connectivity index is 1.42. The molecule has 0 fully saturated rings. The first-order chi connectivity index (χ1) is 16.0. The zero-order valence-corrected chi connectivity index (χ0v) is 18.5. The van der Waals surface area contributed by atoms with Gasteiger partial charge in [0.25, 0.3) is 10.0 Å². The average molecular weight is 458 g/mol. The van der Waals surface area contributed by atoms with E-state index < -0.39 is 10.0 Å². The molecule has 0 aliphatic carbocycles. The van der Waals surface area contributed by atoms with Gasteiger partial charge in [0.1, 0.15) is 0 Å². The van der Waals surface area contributed by atoms with Crippen molar-refractivity contribution >= 4 is 27.4 Å². The van der Waals surface area contributed by atoms with Crippen molar-refractivity contribution in [3.63, 3.8) is 0 Å². The standard InChI is InChI=1S/C26H23N3O3S/c30-26(27-19-20-9-3-1-4-10-20)28-22-15-17-23(18-16-22)29-33(31,32)25-14-8-7-13-24(25)21-11-5-2-6-12-21/h1-18,29H,19H2,(H2,27,28,30). The van der Waals surface area contributed by atoms with E-state index in [2.05, 4.69) is 15.4 Å². The quantitative estimate of drug-likeness (QED) is 0.344.